The van der Waals surface area contributed by atoms with E-state index in [0.29, 0.717) is 0 Å². The van der Waals surface area contributed by atoms with Gasteiger partial charge in [0.2, 0.25) is 0 Å². The Morgan fingerprint density at radius 1 is 1.44 bits per heavy atom. The summed E-state index contributed by atoms with van der Waals surface area (Å²) in [7, 11) is 1.23. The minimum atomic E-state index is -0.610. The maximum absolute atomic E-state index is 13.3. The average molecular weight is 288 g/mol. The summed E-state index contributed by atoms with van der Waals surface area (Å²) < 4.78 is 23.1. The zero-order valence-electron chi connectivity index (χ0n) is 9.15. The third-order valence-electron chi connectivity index (χ3n) is 1.97. The lowest BCUT2D eigenvalue weighted by Crippen LogP contribution is -1.98. The van der Waals surface area contributed by atoms with Crippen LogP contribution < -0.4 is 4.74 Å². The predicted molar refractivity (Wildman–Crippen MR) is 64.9 cm³/mol. The van der Waals surface area contributed by atoms with E-state index in [4.69, 9.17) is 16.3 Å². The molecule has 0 aliphatic carbocycles. The number of rotatable bonds is 3. The van der Waals surface area contributed by atoms with E-state index in [1.54, 1.807) is 6.07 Å². The van der Waals surface area contributed by atoms with Crippen molar-refractivity contribution in [1.29, 1.82) is 0 Å². The highest BCUT2D eigenvalue weighted by molar-refractivity contribution is 7.15. The number of esters is 1. The van der Waals surface area contributed by atoms with Gasteiger partial charge in [0, 0.05) is 0 Å². The van der Waals surface area contributed by atoms with Gasteiger partial charge in [-0.25, -0.2) is 9.18 Å². The maximum atomic E-state index is 13.3. The predicted octanol–water partition coefficient (Wildman–Crippen LogP) is 3.51. The zero-order valence-corrected chi connectivity index (χ0v) is 10.7. The van der Waals surface area contributed by atoms with Gasteiger partial charge in [0.25, 0.3) is 5.19 Å². The van der Waals surface area contributed by atoms with Crippen LogP contribution in [0.3, 0.4) is 0 Å². The van der Waals surface area contributed by atoms with E-state index in [0.717, 1.165) is 11.3 Å². The molecule has 0 unspecified atom stereocenters. The van der Waals surface area contributed by atoms with Crippen molar-refractivity contribution in [2.24, 2.45) is 0 Å². The number of aromatic nitrogens is 1. The van der Waals surface area contributed by atoms with Crippen LogP contribution in [0.4, 0.5) is 4.39 Å². The molecule has 0 radical (unpaired) electrons. The van der Waals surface area contributed by atoms with Gasteiger partial charge in [0.1, 0.15) is 0 Å². The Kier molecular flexibility index (Phi) is 3.78. The summed E-state index contributed by atoms with van der Waals surface area (Å²) in [6.45, 7) is 0. The van der Waals surface area contributed by atoms with Gasteiger partial charge in [-0.1, -0.05) is 35.1 Å². The summed E-state index contributed by atoms with van der Waals surface area (Å²) >= 11 is 6.64. The molecule has 1 aromatic heterocycles. The second-order valence-corrected chi connectivity index (χ2v) is 4.44. The summed E-state index contributed by atoms with van der Waals surface area (Å²) in [6, 6.07) is 5.86. The van der Waals surface area contributed by atoms with E-state index >= 15 is 0 Å². The summed E-state index contributed by atoms with van der Waals surface area (Å²) in [5, 5.41) is 0.0451. The third-order valence-corrected chi connectivity index (χ3v) is 3.27. The Balaban J connectivity index is 2.26. The van der Waals surface area contributed by atoms with Gasteiger partial charge >= 0.3 is 5.97 Å². The van der Waals surface area contributed by atoms with E-state index in [-0.39, 0.29) is 21.0 Å². The molecule has 4 nitrogen and oxygen atoms in total. The number of carbonyl (C=O) groups is 1. The highest BCUT2D eigenvalue weighted by Crippen LogP contribution is 2.33. The summed E-state index contributed by atoms with van der Waals surface area (Å²) in [5.74, 6) is -1.12. The number of hydrogen-bond donors (Lipinski definition) is 0. The molecule has 0 atom stereocenters. The topological polar surface area (TPSA) is 48.4 Å². The van der Waals surface area contributed by atoms with E-state index < -0.39 is 11.8 Å². The Bertz CT molecular complexity index is 587. The van der Waals surface area contributed by atoms with Crippen molar-refractivity contribution in [1.82, 2.24) is 4.98 Å². The lowest BCUT2D eigenvalue weighted by Gasteiger charge is -2.01. The van der Waals surface area contributed by atoms with E-state index in [1.807, 2.05) is 0 Å². The fraction of sp³-hybridized carbons (Fsp3) is 0.0909. The van der Waals surface area contributed by atoms with Gasteiger partial charge in [0.05, 0.1) is 7.11 Å². The van der Waals surface area contributed by atoms with Crippen LogP contribution >= 0.6 is 22.9 Å². The Morgan fingerprint density at radius 3 is 2.83 bits per heavy atom. The fourth-order valence-corrected chi connectivity index (χ4v) is 2.23. The van der Waals surface area contributed by atoms with Crippen LogP contribution in [0, 0.1) is 5.82 Å². The molecule has 94 valence electrons. The van der Waals surface area contributed by atoms with Gasteiger partial charge in [-0.3, -0.25) is 0 Å². The average Bonchev–Trinajstić information content (AvgIpc) is 2.72. The van der Waals surface area contributed by atoms with Gasteiger partial charge in [-0.05, 0) is 12.1 Å². The van der Waals surface area contributed by atoms with Crippen molar-refractivity contribution in [3.8, 4) is 10.9 Å². The van der Waals surface area contributed by atoms with Crippen LogP contribution in [0.1, 0.15) is 9.67 Å². The van der Waals surface area contributed by atoms with Crippen molar-refractivity contribution in [3.05, 3.63) is 40.1 Å². The molecule has 0 saturated heterocycles. The molecule has 18 heavy (non-hydrogen) atoms. The maximum Gasteiger partial charge on any atom is 0.351 e. The van der Waals surface area contributed by atoms with Crippen molar-refractivity contribution >= 4 is 28.9 Å². The quantitative estimate of drug-likeness (QED) is 0.811. The van der Waals surface area contributed by atoms with Gasteiger partial charge in [-0.15, -0.1) is 0 Å². The number of para-hydroxylation sites is 1. The Labute approximate surface area is 111 Å². The second kappa shape index (κ2) is 5.32. The highest BCUT2D eigenvalue weighted by Gasteiger charge is 2.19. The number of hydrogen-bond acceptors (Lipinski definition) is 5. The molecular weight excluding hydrogens is 281 g/mol. The number of carbonyl (C=O) groups excluding carboxylic acids is 1. The largest absolute Gasteiger partial charge is 0.465 e. The molecule has 0 fully saturated rings. The zero-order chi connectivity index (χ0) is 13.1. The number of ether oxygens (including phenoxy) is 2. The smallest absolute Gasteiger partial charge is 0.351 e. The Hall–Kier alpha value is -1.66. The molecule has 2 rings (SSSR count). The lowest BCUT2D eigenvalue weighted by atomic mass is 10.3. The fourth-order valence-electron chi connectivity index (χ4n) is 1.17. The number of nitrogens with zero attached hydrogens (tertiary/aromatic N) is 1. The molecule has 2 aromatic rings. The first kappa shape index (κ1) is 12.8. The minimum absolute atomic E-state index is 0.0133. The first-order chi connectivity index (χ1) is 8.61. The first-order valence-corrected chi connectivity index (χ1v) is 5.98. The third kappa shape index (κ3) is 2.60. The lowest BCUT2D eigenvalue weighted by molar-refractivity contribution is 0.0606. The van der Waals surface area contributed by atoms with Crippen molar-refractivity contribution < 1.29 is 18.7 Å². The number of methoxy groups -OCH3 is 1. The summed E-state index contributed by atoms with van der Waals surface area (Å²) in [6.07, 6.45) is 0. The normalized spacial score (nSPS) is 10.2. The molecule has 0 spiro atoms. The molecule has 0 bridgehead atoms. The van der Waals surface area contributed by atoms with Gasteiger partial charge in [0.15, 0.2) is 21.6 Å². The molecule has 0 saturated carbocycles. The van der Waals surface area contributed by atoms with Gasteiger partial charge in [-0.2, -0.15) is 4.98 Å². The molecule has 0 amide bonds. The minimum Gasteiger partial charge on any atom is -0.465 e. The van der Waals surface area contributed by atoms with Crippen LogP contribution in [0.5, 0.6) is 10.9 Å². The standard InChI is InChI=1S/C11H7ClFNO3S/c1-16-10(15)8-9(12)14-11(18-8)17-7-5-3-2-4-6(7)13/h2-5H,1H3. The summed E-state index contributed by atoms with van der Waals surface area (Å²) in [4.78, 5) is 15.2. The molecule has 7 heteroatoms. The first-order valence-electron chi connectivity index (χ1n) is 4.79. The molecule has 0 aliphatic rings. The second-order valence-electron chi connectivity index (χ2n) is 3.12. The molecule has 1 aromatic carbocycles. The molecule has 0 N–H and O–H groups in total. The number of benzene rings is 1. The van der Waals surface area contributed by atoms with E-state index in [1.165, 1.54) is 25.3 Å². The SMILES string of the molecule is COC(=O)c1sc(Oc2ccccc2F)nc1Cl. The monoisotopic (exact) mass is 287 g/mol. The van der Waals surface area contributed by atoms with Crippen molar-refractivity contribution in [3.63, 3.8) is 0 Å². The number of halogens is 2. The van der Waals surface area contributed by atoms with Crippen LogP contribution in [0.2, 0.25) is 5.15 Å². The van der Waals surface area contributed by atoms with Crippen LogP contribution in [0.15, 0.2) is 24.3 Å². The number of thiazole rings is 1. The molecular formula is C11H7ClFNO3S. The van der Waals surface area contributed by atoms with E-state index in [2.05, 4.69) is 9.72 Å². The molecule has 0 aliphatic heterocycles. The van der Waals surface area contributed by atoms with Gasteiger partial charge < -0.3 is 9.47 Å². The Morgan fingerprint density at radius 2 is 2.17 bits per heavy atom. The van der Waals surface area contributed by atoms with E-state index in [9.17, 15) is 9.18 Å². The van der Waals surface area contributed by atoms with Crippen LogP contribution in [0.25, 0.3) is 0 Å². The summed E-state index contributed by atoms with van der Waals surface area (Å²) in [5.41, 5.74) is 0. The highest BCUT2D eigenvalue weighted by atomic mass is 35.5. The van der Waals surface area contributed by atoms with Crippen molar-refractivity contribution in [2.45, 2.75) is 0 Å². The van der Waals surface area contributed by atoms with Crippen LogP contribution in [-0.2, 0) is 4.74 Å². The van der Waals surface area contributed by atoms with Crippen LogP contribution in [-0.4, -0.2) is 18.1 Å². The van der Waals surface area contributed by atoms with Crippen molar-refractivity contribution in [2.75, 3.05) is 7.11 Å². The molecule has 1 heterocycles.